The molecule has 8 heteroatoms. The highest BCUT2D eigenvalue weighted by Crippen LogP contribution is 2.42. The molecule has 1 aliphatic heterocycles. The Kier molecular flexibility index (Phi) is 5.90. The Morgan fingerprint density at radius 3 is 2.52 bits per heavy atom. The highest BCUT2D eigenvalue weighted by atomic mass is 19.1. The molecule has 1 aromatic carbocycles. The number of benzene rings is 1. The van der Waals surface area contributed by atoms with Crippen molar-refractivity contribution in [2.24, 2.45) is 10.7 Å². The van der Waals surface area contributed by atoms with Crippen LogP contribution < -0.4 is 16.0 Å². The first-order valence-electron chi connectivity index (χ1n) is 11.4. The standard InChI is InChI=1S/C25H28FN7/c1-16-12-23(30-15-29-16)33-10-8-21(9-11-33)31-25(27)32-24-22(18-4-6-20(26)7-5-18)13-19(14-28-24)17-2-3-17/h4-7,12-15,17,21H,2-3,8-11H2,1H3,(H3,27,28,31,32). The van der Waals surface area contributed by atoms with E-state index in [0.717, 1.165) is 48.6 Å². The minimum absolute atomic E-state index is 0.136. The van der Waals surface area contributed by atoms with Crippen LogP contribution in [0.1, 0.15) is 42.9 Å². The van der Waals surface area contributed by atoms with Gasteiger partial charge in [-0.15, -0.1) is 0 Å². The smallest absolute Gasteiger partial charge is 0.194 e. The Labute approximate surface area is 193 Å². The third kappa shape index (κ3) is 5.10. The molecule has 0 unspecified atom stereocenters. The number of nitrogens with two attached hydrogens (primary N) is 1. The molecule has 2 aliphatic rings. The first-order valence-corrected chi connectivity index (χ1v) is 11.4. The molecular formula is C25H28FN7. The lowest BCUT2D eigenvalue weighted by Crippen LogP contribution is -2.37. The molecule has 33 heavy (non-hydrogen) atoms. The Balaban J connectivity index is 1.29. The highest BCUT2D eigenvalue weighted by Gasteiger charge is 2.25. The van der Waals surface area contributed by atoms with E-state index in [1.165, 1.54) is 30.5 Å². The van der Waals surface area contributed by atoms with Crippen LogP contribution in [0.3, 0.4) is 0 Å². The van der Waals surface area contributed by atoms with Crippen molar-refractivity contribution in [3.63, 3.8) is 0 Å². The summed E-state index contributed by atoms with van der Waals surface area (Å²) in [5, 5.41) is 3.20. The van der Waals surface area contributed by atoms with Crippen LogP contribution in [0.2, 0.25) is 0 Å². The van der Waals surface area contributed by atoms with Crippen LogP contribution in [0.4, 0.5) is 16.0 Å². The first kappa shape index (κ1) is 21.3. The number of anilines is 2. The number of rotatable bonds is 5. The van der Waals surface area contributed by atoms with Crippen molar-refractivity contribution in [2.45, 2.75) is 44.6 Å². The van der Waals surface area contributed by atoms with Crippen LogP contribution in [0.15, 0.2) is 53.9 Å². The summed E-state index contributed by atoms with van der Waals surface area (Å²) in [5.41, 5.74) is 10.3. The molecule has 0 spiro atoms. The number of nitrogens with zero attached hydrogens (tertiary/aromatic N) is 5. The second kappa shape index (κ2) is 9.13. The van der Waals surface area contributed by atoms with Crippen molar-refractivity contribution >= 4 is 17.6 Å². The quantitative estimate of drug-likeness (QED) is 0.450. The maximum atomic E-state index is 13.5. The number of aromatic nitrogens is 3. The number of aliphatic imine (C=N–C) groups is 1. The summed E-state index contributed by atoms with van der Waals surface area (Å²) in [4.78, 5) is 20.2. The monoisotopic (exact) mass is 445 g/mol. The van der Waals surface area contributed by atoms with E-state index in [1.54, 1.807) is 18.5 Å². The minimum Gasteiger partial charge on any atom is -0.370 e. The molecule has 0 radical (unpaired) electrons. The predicted octanol–water partition coefficient (Wildman–Crippen LogP) is 4.26. The third-order valence-corrected chi connectivity index (χ3v) is 6.26. The van der Waals surface area contributed by atoms with E-state index in [4.69, 9.17) is 10.7 Å². The number of guanidine groups is 1. The molecule has 170 valence electrons. The highest BCUT2D eigenvalue weighted by molar-refractivity contribution is 5.95. The summed E-state index contributed by atoms with van der Waals surface area (Å²) in [5.74, 6) is 2.26. The van der Waals surface area contributed by atoms with Crippen LogP contribution in [-0.2, 0) is 0 Å². The second-order valence-corrected chi connectivity index (χ2v) is 8.82. The maximum Gasteiger partial charge on any atom is 0.194 e. The van der Waals surface area contributed by atoms with Gasteiger partial charge in [0, 0.05) is 36.6 Å². The average Bonchev–Trinajstić information content (AvgIpc) is 3.66. The Bertz CT molecular complexity index is 1150. The number of halogens is 1. The number of nitrogens with one attached hydrogen (secondary N) is 1. The van der Waals surface area contributed by atoms with Crippen molar-refractivity contribution in [1.29, 1.82) is 0 Å². The van der Waals surface area contributed by atoms with Gasteiger partial charge in [0.25, 0.3) is 0 Å². The van der Waals surface area contributed by atoms with Crippen LogP contribution >= 0.6 is 0 Å². The van der Waals surface area contributed by atoms with Crippen molar-refractivity contribution in [3.05, 3.63) is 66.0 Å². The van der Waals surface area contributed by atoms with Gasteiger partial charge >= 0.3 is 0 Å². The van der Waals surface area contributed by atoms with Crippen molar-refractivity contribution in [1.82, 2.24) is 15.0 Å². The summed E-state index contributed by atoms with van der Waals surface area (Å²) >= 11 is 0. The van der Waals surface area contributed by atoms with Gasteiger partial charge in [-0.3, -0.25) is 0 Å². The fraction of sp³-hybridized carbons (Fsp3) is 0.360. The summed E-state index contributed by atoms with van der Waals surface area (Å²) < 4.78 is 13.5. The largest absolute Gasteiger partial charge is 0.370 e. The second-order valence-electron chi connectivity index (χ2n) is 8.82. The van der Waals surface area contributed by atoms with Crippen LogP contribution in [0.25, 0.3) is 11.1 Å². The van der Waals surface area contributed by atoms with E-state index in [0.29, 0.717) is 17.7 Å². The maximum absolute atomic E-state index is 13.5. The zero-order chi connectivity index (χ0) is 22.8. The van der Waals surface area contributed by atoms with E-state index < -0.39 is 0 Å². The normalized spacial score (nSPS) is 17.3. The molecule has 0 atom stereocenters. The fourth-order valence-corrected chi connectivity index (χ4v) is 4.26. The third-order valence-electron chi connectivity index (χ3n) is 6.26. The summed E-state index contributed by atoms with van der Waals surface area (Å²) in [7, 11) is 0. The number of aryl methyl sites for hydroxylation is 1. The van der Waals surface area contributed by atoms with Crippen molar-refractivity contribution in [2.75, 3.05) is 23.3 Å². The molecule has 3 N–H and O–H groups in total. The molecule has 7 nitrogen and oxygen atoms in total. The predicted molar refractivity (Wildman–Crippen MR) is 129 cm³/mol. The lowest BCUT2D eigenvalue weighted by molar-refractivity contribution is 0.500. The van der Waals surface area contributed by atoms with E-state index in [-0.39, 0.29) is 11.9 Å². The number of piperidine rings is 1. The van der Waals surface area contributed by atoms with E-state index in [9.17, 15) is 4.39 Å². The molecule has 1 aliphatic carbocycles. The van der Waals surface area contributed by atoms with E-state index in [2.05, 4.69) is 31.2 Å². The molecular weight excluding hydrogens is 417 g/mol. The fourth-order valence-electron chi connectivity index (χ4n) is 4.26. The van der Waals surface area contributed by atoms with Gasteiger partial charge in [0.2, 0.25) is 0 Å². The van der Waals surface area contributed by atoms with Gasteiger partial charge < -0.3 is 16.0 Å². The zero-order valence-electron chi connectivity index (χ0n) is 18.7. The number of pyridine rings is 1. The molecule has 0 bridgehead atoms. The van der Waals surface area contributed by atoms with Crippen LogP contribution in [-0.4, -0.2) is 40.0 Å². The minimum atomic E-state index is -0.260. The average molecular weight is 446 g/mol. The summed E-state index contributed by atoms with van der Waals surface area (Å²) in [6, 6.07) is 10.7. The molecule has 1 saturated heterocycles. The topological polar surface area (TPSA) is 92.3 Å². The Morgan fingerprint density at radius 2 is 1.82 bits per heavy atom. The van der Waals surface area contributed by atoms with E-state index in [1.807, 2.05) is 19.2 Å². The molecule has 3 heterocycles. The van der Waals surface area contributed by atoms with Gasteiger partial charge in [0.05, 0.1) is 6.04 Å². The van der Waals surface area contributed by atoms with Crippen molar-refractivity contribution < 1.29 is 4.39 Å². The summed E-state index contributed by atoms with van der Waals surface area (Å²) in [6.07, 6.45) is 7.68. The van der Waals surface area contributed by atoms with Crippen LogP contribution in [0, 0.1) is 12.7 Å². The lowest BCUT2D eigenvalue weighted by Gasteiger charge is -2.31. The summed E-state index contributed by atoms with van der Waals surface area (Å²) in [6.45, 7) is 3.71. The molecule has 2 fully saturated rings. The molecule has 3 aromatic rings. The molecule has 0 amide bonds. The van der Waals surface area contributed by atoms with Crippen LogP contribution in [0.5, 0.6) is 0 Å². The van der Waals surface area contributed by atoms with Gasteiger partial charge in [-0.05, 0) is 67.9 Å². The number of hydrogen-bond acceptors (Lipinski definition) is 5. The van der Waals surface area contributed by atoms with Gasteiger partial charge in [0.15, 0.2) is 5.96 Å². The van der Waals surface area contributed by atoms with Gasteiger partial charge in [0.1, 0.15) is 23.8 Å². The Morgan fingerprint density at radius 1 is 1.06 bits per heavy atom. The number of hydrogen-bond donors (Lipinski definition) is 2. The molecule has 2 aromatic heterocycles. The van der Waals surface area contributed by atoms with Gasteiger partial charge in [-0.25, -0.2) is 24.3 Å². The zero-order valence-corrected chi connectivity index (χ0v) is 18.7. The lowest BCUT2D eigenvalue weighted by atomic mass is 10.0. The van der Waals surface area contributed by atoms with Gasteiger partial charge in [-0.2, -0.15) is 0 Å². The molecule has 1 saturated carbocycles. The van der Waals surface area contributed by atoms with E-state index >= 15 is 0 Å². The Hall–Kier alpha value is -3.55. The first-order chi connectivity index (χ1) is 16.0. The molecule has 5 rings (SSSR count). The van der Waals surface area contributed by atoms with Crippen molar-refractivity contribution in [3.8, 4) is 11.1 Å². The SMILES string of the molecule is Cc1cc(N2CCC(N=C(N)Nc3ncc(C4CC4)cc3-c3ccc(F)cc3)CC2)ncn1. The van der Waals surface area contributed by atoms with Gasteiger partial charge in [-0.1, -0.05) is 12.1 Å².